The van der Waals surface area contributed by atoms with E-state index in [1.807, 2.05) is 25.1 Å². The molecule has 9 heteroatoms. The van der Waals surface area contributed by atoms with Gasteiger partial charge in [0, 0.05) is 6.08 Å². The minimum atomic E-state index is -0.687. The first-order valence-corrected chi connectivity index (χ1v) is 11.5. The number of hydrogen-bond acceptors (Lipinski definition) is 7. The quantitative estimate of drug-likeness (QED) is 0.485. The van der Waals surface area contributed by atoms with Gasteiger partial charge in [0.15, 0.2) is 4.80 Å². The summed E-state index contributed by atoms with van der Waals surface area (Å²) in [6.07, 6.45) is 1.70. The Morgan fingerprint density at radius 2 is 2.09 bits per heavy atom. The van der Waals surface area contributed by atoms with Crippen molar-refractivity contribution in [2.45, 2.75) is 26.8 Å². The number of fused-ring (bicyclic) bond motifs is 1. The number of furan rings is 1. The second kappa shape index (κ2) is 8.91. The van der Waals surface area contributed by atoms with Crippen LogP contribution in [0.15, 0.2) is 60.3 Å². The van der Waals surface area contributed by atoms with Gasteiger partial charge in [-0.05, 0) is 66.5 Å². The number of nitrogens with zero attached hydrogens (tertiary/aromatic N) is 2. The first-order valence-electron chi connectivity index (χ1n) is 9.93. The SMILES string of the molecule is CCOC(=O)C1=C(C)N=c2s/c(=C/c3ccc(C)o3)c(=O)n2[C@@H]1c1ccc(OC)c(Br)c1. The number of ether oxygens (including phenoxy) is 2. The molecular weight excluding hydrogens is 496 g/mol. The standard InChI is InChI=1S/C23H21BrN2O5S/c1-5-30-22(28)19-13(3)25-23-26(20(19)14-7-9-17(29-4)16(24)10-14)21(27)18(32-23)11-15-8-6-12(2)31-15/h6-11,20H,5H2,1-4H3/b18-11+/t20-/m1/s1. The molecule has 0 bridgehead atoms. The molecule has 1 aliphatic rings. The number of esters is 1. The number of carbonyl (C=O) groups is 1. The maximum Gasteiger partial charge on any atom is 0.338 e. The Bertz CT molecular complexity index is 1410. The summed E-state index contributed by atoms with van der Waals surface area (Å²) in [5, 5.41) is 0. The van der Waals surface area contributed by atoms with Crippen LogP contribution in [0, 0.1) is 6.92 Å². The summed E-state index contributed by atoms with van der Waals surface area (Å²) in [4.78, 5) is 31.5. The number of thiazole rings is 1. The molecule has 1 atom stereocenters. The Kier molecular flexibility index (Phi) is 6.21. The zero-order valence-electron chi connectivity index (χ0n) is 18.0. The molecule has 3 heterocycles. The van der Waals surface area contributed by atoms with E-state index >= 15 is 0 Å². The molecule has 0 aliphatic carbocycles. The van der Waals surface area contributed by atoms with Gasteiger partial charge in [-0.2, -0.15) is 0 Å². The number of carbonyl (C=O) groups excluding carboxylic acids is 1. The molecule has 32 heavy (non-hydrogen) atoms. The number of halogens is 1. The fourth-order valence-corrected chi connectivity index (χ4v) is 5.20. The molecule has 2 aromatic heterocycles. The maximum absolute atomic E-state index is 13.5. The minimum absolute atomic E-state index is 0.219. The number of rotatable bonds is 5. The van der Waals surface area contributed by atoms with Crippen molar-refractivity contribution in [3.63, 3.8) is 0 Å². The van der Waals surface area contributed by atoms with Crippen molar-refractivity contribution in [3.05, 3.63) is 82.8 Å². The van der Waals surface area contributed by atoms with Gasteiger partial charge in [0.1, 0.15) is 17.3 Å². The summed E-state index contributed by atoms with van der Waals surface area (Å²) >= 11 is 4.76. The van der Waals surface area contributed by atoms with Crippen molar-refractivity contribution in [2.24, 2.45) is 4.99 Å². The molecule has 7 nitrogen and oxygen atoms in total. The monoisotopic (exact) mass is 516 g/mol. The molecule has 166 valence electrons. The molecule has 0 saturated carbocycles. The van der Waals surface area contributed by atoms with Crippen LogP contribution in [0.4, 0.5) is 0 Å². The number of benzene rings is 1. The van der Waals surface area contributed by atoms with E-state index in [0.29, 0.717) is 36.6 Å². The lowest BCUT2D eigenvalue weighted by Crippen LogP contribution is -2.39. The predicted octanol–water partition coefficient (Wildman–Crippen LogP) is 3.47. The van der Waals surface area contributed by atoms with Crippen LogP contribution in [0.2, 0.25) is 0 Å². The van der Waals surface area contributed by atoms with Crippen molar-refractivity contribution in [2.75, 3.05) is 13.7 Å². The van der Waals surface area contributed by atoms with Gasteiger partial charge in [0.2, 0.25) is 0 Å². The molecular formula is C23H21BrN2O5S. The van der Waals surface area contributed by atoms with Gasteiger partial charge in [-0.1, -0.05) is 17.4 Å². The average Bonchev–Trinajstić information content (AvgIpc) is 3.29. The highest BCUT2D eigenvalue weighted by Gasteiger charge is 2.33. The topological polar surface area (TPSA) is 83.0 Å². The van der Waals surface area contributed by atoms with Crippen molar-refractivity contribution in [3.8, 4) is 5.75 Å². The van der Waals surface area contributed by atoms with E-state index < -0.39 is 12.0 Å². The zero-order chi connectivity index (χ0) is 23.0. The highest BCUT2D eigenvalue weighted by Crippen LogP contribution is 2.34. The van der Waals surface area contributed by atoms with Crippen LogP contribution in [0.1, 0.15) is 37.0 Å². The molecule has 0 radical (unpaired) electrons. The van der Waals surface area contributed by atoms with Crippen LogP contribution in [0.3, 0.4) is 0 Å². The molecule has 0 N–H and O–H groups in total. The van der Waals surface area contributed by atoms with Crippen LogP contribution in [0.5, 0.6) is 5.75 Å². The Hall–Kier alpha value is -2.91. The smallest absolute Gasteiger partial charge is 0.338 e. The van der Waals surface area contributed by atoms with Crippen molar-refractivity contribution >= 4 is 39.3 Å². The lowest BCUT2D eigenvalue weighted by molar-refractivity contribution is -0.139. The van der Waals surface area contributed by atoms with E-state index in [1.54, 1.807) is 43.7 Å². The molecule has 0 saturated heterocycles. The van der Waals surface area contributed by atoms with Crippen LogP contribution in [-0.2, 0) is 9.53 Å². The molecule has 1 aromatic carbocycles. The summed E-state index contributed by atoms with van der Waals surface area (Å²) in [6.45, 7) is 5.56. The summed E-state index contributed by atoms with van der Waals surface area (Å²) in [5.74, 6) is 1.48. The number of allylic oxidation sites excluding steroid dienone is 1. The third kappa shape index (κ3) is 3.98. The Morgan fingerprint density at radius 1 is 1.31 bits per heavy atom. The Balaban J connectivity index is 1.97. The average molecular weight is 517 g/mol. The van der Waals surface area contributed by atoms with Crippen molar-refractivity contribution < 1.29 is 18.7 Å². The zero-order valence-corrected chi connectivity index (χ0v) is 20.4. The van der Waals surface area contributed by atoms with Gasteiger partial charge in [0.25, 0.3) is 5.56 Å². The van der Waals surface area contributed by atoms with Gasteiger partial charge in [0.05, 0.1) is 40.0 Å². The molecule has 0 spiro atoms. The first kappa shape index (κ1) is 22.3. The third-order valence-corrected chi connectivity index (χ3v) is 6.65. The summed E-state index contributed by atoms with van der Waals surface area (Å²) in [5.41, 5.74) is 1.32. The van der Waals surface area contributed by atoms with Gasteiger partial charge in [-0.25, -0.2) is 9.79 Å². The van der Waals surface area contributed by atoms with Crippen molar-refractivity contribution in [1.82, 2.24) is 4.57 Å². The van der Waals surface area contributed by atoms with E-state index in [2.05, 4.69) is 20.9 Å². The highest BCUT2D eigenvalue weighted by molar-refractivity contribution is 9.10. The fraction of sp³-hybridized carbons (Fsp3) is 0.261. The van der Waals surface area contributed by atoms with E-state index in [1.165, 1.54) is 11.3 Å². The van der Waals surface area contributed by atoms with Crippen LogP contribution in [0.25, 0.3) is 6.08 Å². The van der Waals surface area contributed by atoms with E-state index in [4.69, 9.17) is 13.9 Å². The van der Waals surface area contributed by atoms with Crippen molar-refractivity contribution in [1.29, 1.82) is 0 Å². The van der Waals surface area contributed by atoms with Gasteiger partial charge in [-0.3, -0.25) is 9.36 Å². The fourth-order valence-electron chi connectivity index (χ4n) is 3.62. The normalized spacial score (nSPS) is 16.0. The largest absolute Gasteiger partial charge is 0.496 e. The lowest BCUT2D eigenvalue weighted by Gasteiger charge is -2.25. The predicted molar refractivity (Wildman–Crippen MR) is 125 cm³/mol. The van der Waals surface area contributed by atoms with Crippen LogP contribution >= 0.6 is 27.3 Å². The second-order valence-corrected chi connectivity index (χ2v) is 9.01. The first-order chi connectivity index (χ1) is 15.3. The number of aryl methyl sites for hydroxylation is 1. The molecule has 0 fully saturated rings. The minimum Gasteiger partial charge on any atom is -0.496 e. The number of hydrogen-bond donors (Lipinski definition) is 0. The summed E-state index contributed by atoms with van der Waals surface area (Å²) < 4.78 is 19.0. The molecule has 3 aromatic rings. The molecule has 0 amide bonds. The molecule has 4 rings (SSSR count). The molecule has 0 unspecified atom stereocenters. The van der Waals surface area contributed by atoms with Gasteiger partial charge in [-0.15, -0.1) is 0 Å². The Morgan fingerprint density at radius 3 is 2.72 bits per heavy atom. The molecule has 1 aliphatic heterocycles. The van der Waals surface area contributed by atoms with E-state index in [-0.39, 0.29) is 12.2 Å². The second-order valence-electron chi connectivity index (χ2n) is 7.14. The van der Waals surface area contributed by atoms with Gasteiger partial charge < -0.3 is 13.9 Å². The number of methoxy groups -OCH3 is 1. The highest BCUT2D eigenvalue weighted by atomic mass is 79.9. The van der Waals surface area contributed by atoms with E-state index in [9.17, 15) is 9.59 Å². The van der Waals surface area contributed by atoms with Gasteiger partial charge >= 0.3 is 5.97 Å². The summed E-state index contributed by atoms with van der Waals surface area (Å²) in [6, 6.07) is 8.42. The number of aromatic nitrogens is 1. The summed E-state index contributed by atoms with van der Waals surface area (Å²) in [7, 11) is 1.58. The third-order valence-electron chi connectivity index (χ3n) is 5.04. The van der Waals surface area contributed by atoms with Crippen LogP contribution < -0.4 is 19.6 Å². The Labute approximate surface area is 196 Å². The lowest BCUT2D eigenvalue weighted by atomic mass is 9.96. The van der Waals surface area contributed by atoms with Crippen LogP contribution in [-0.4, -0.2) is 24.3 Å². The van der Waals surface area contributed by atoms with E-state index in [0.717, 1.165) is 11.3 Å². The maximum atomic E-state index is 13.5.